The second kappa shape index (κ2) is 7.16. The molecule has 0 atom stereocenters. The first-order valence-corrected chi connectivity index (χ1v) is 8.18. The van der Waals surface area contributed by atoms with Crippen molar-refractivity contribution in [2.75, 3.05) is 7.11 Å². The van der Waals surface area contributed by atoms with Gasteiger partial charge in [-0.25, -0.2) is 0 Å². The van der Waals surface area contributed by atoms with Crippen molar-refractivity contribution < 1.29 is 9.53 Å². The molecule has 0 saturated heterocycles. The van der Waals surface area contributed by atoms with Gasteiger partial charge in [-0.2, -0.15) is 0 Å². The topological polar surface area (TPSA) is 29.5 Å². The molecular formula is C19H20ClNO2. The quantitative estimate of drug-likeness (QED) is 0.791. The lowest BCUT2D eigenvalue weighted by atomic mass is 10.1. The van der Waals surface area contributed by atoms with Gasteiger partial charge in [0.25, 0.3) is 5.91 Å². The lowest BCUT2D eigenvalue weighted by Gasteiger charge is -2.23. The SMILES string of the molecule is COCc1cccc(C(=O)N(Cc2ccc(Cl)cc2)C2CC2)c1. The Bertz CT molecular complexity index is 680. The highest BCUT2D eigenvalue weighted by molar-refractivity contribution is 6.30. The molecule has 2 aromatic carbocycles. The number of benzene rings is 2. The molecule has 1 aliphatic rings. The Morgan fingerprint density at radius 1 is 1.17 bits per heavy atom. The molecule has 2 aromatic rings. The number of hydrogen-bond acceptors (Lipinski definition) is 2. The number of rotatable bonds is 6. The van der Waals surface area contributed by atoms with Crippen LogP contribution >= 0.6 is 11.6 Å². The van der Waals surface area contributed by atoms with E-state index in [0.29, 0.717) is 24.2 Å². The van der Waals surface area contributed by atoms with Crippen molar-refractivity contribution in [2.24, 2.45) is 0 Å². The first kappa shape index (κ1) is 16.0. The zero-order valence-electron chi connectivity index (χ0n) is 13.2. The Kier molecular flexibility index (Phi) is 4.99. The van der Waals surface area contributed by atoms with Crippen LogP contribution in [0.2, 0.25) is 5.02 Å². The molecule has 3 nitrogen and oxygen atoms in total. The standard InChI is InChI=1S/C19H20ClNO2/c1-23-13-15-3-2-4-16(11-15)19(22)21(18-9-10-18)12-14-5-7-17(20)8-6-14/h2-8,11,18H,9-10,12-13H2,1H3. The maximum absolute atomic E-state index is 12.9. The lowest BCUT2D eigenvalue weighted by molar-refractivity contribution is 0.0729. The van der Waals surface area contributed by atoms with Gasteiger partial charge in [-0.15, -0.1) is 0 Å². The monoisotopic (exact) mass is 329 g/mol. The van der Waals surface area contributed by atoms with Crippen molar-refractivity contribution in [1.29, 1.82) is 0 Å². The van der Waals surface area contributed by atoms with Gasteiger partial charge in [0, 0.05) is 30.3 Å². The second-order valence-corrected chi connectivity index (χ2v) is 6.36. The van der Waals surface area contributed by atoms with Gasteiger partial charge >= 0.3 is 0 Å². The highest BCUT2D eigenvalue weighted by Crippen LogP contribution is 2.30. The van der Waals surface area contributed by atoms with Gasteiger partial charge in [0.1, 0.15) is 0 Å². The van der Waals surface area contributed by atoms with E-state index < -0.39 is 0 Å². The van der Waals surface area contributed by atoms with Gasteiger partial charge < -0.3 is 9.64 Å². The predicted molar refractivity (Wildman–Crippen MR) is 91.5 cm³/mol. The van der Waals surface area contributed by atoms with Crippen LogP contribution in [0.1, 0.15) is 34.3 Å². The summed E-state index contributed by atoms with van der Waals surface area (Å²) in [6.07, 6.45) is 2.16. The van der Waals surface area contributed by atoms with Crippen molar-refractivity contribution in [3.05, 3.63) is 70.2 Å². The minimum atomic E-state index is 0.0837. The summed E-state index contributed by atoms with van der Waals surface area (Å²) in [6, 6.07) is 15.7. The van der Waals surface area contributed by atoms with Crippen LogP contribution in [-0.4, -0.2) is 24.0 Å². The van der Waals surface area contributed by atoms with Gasteiger partial charge in [0.15, 0.2) is 0 Å². The minimum Gasteiger partial charge on any atom is -0.380 e. The summed E-state index contributed by atoms with van der Waals surface area (Å²) in [6.45, 7) is 1.14. The number of methoxy groups -OCH3 is 1. The molecule has 0 bridgehead atoms. The van der Waals surface area contributed by atoms with Crippen LogP contribution in [0.25, 0.3) is 0 Å². The maximum atomic E-state index is 12.9. The predicted octanol–water partition coefficient (Wildman–Crippen LogP) is 4.29. The molecular weight excluding hydrogens is 310 g/mol. The first-order valence-electron chi connectivity index (χ1n) is 7.80. The number of hydrogen-bond donors (Lipinski definition) is 0. The van der Waals surface area contributed by atoms with E-state index >= 15 is 0 Å². The summed E-state index contributed by atoms with van der Waals surface area (Å²) in [5.74, 6) is 0.0837. The van der Waals surface area contributed by atoms with E-state index in [9.17, 15) is 4.79 Å². The molecule has 0 radical (unpaired) electrons. The van der Waals surface area contributed by atoms with E-state index in [0.717, 1.165) is 29.5 Å². The lowest BCUT2D eigenvalue weighted by Crippen LogP contribution is -2.32. The van der Waals surface area contributed by atoms with Crippen LogP contribution in [0.15, 0.2) is 48.5 Å². The Morgan fingerprint density at radius 2 is 1.91 bits per heavy atom. The van der Waals surface area contributed by atoms with Crippen LogP contribution in [0, 0.1) is 0 Å². The third-order valence-corrected chi connectivity index (χ3v) is 4.25. The molecule has 0 N–H and O–H groups in total. The van der Waals surface area contributed by atoms with E-state index in [2.05, 4.69) is 0 Å². The summed E-state index contributed by atoms with van der Waals surface area (Å²) in [5.41, 5.74) is 2.84. The van der Waals surface area contributed by atoms with Gasteiger partial charge in [0.2, 0.25) is 0 Å². The molecule has 4 heteroatoms. The molecule has 23 heavy (non-hydrogen) atoms. The fourth-order valence-electron chi connectivity index (χ4n) is 2.67. The Morgan fingerprint density at radius 3 is 2.57 bits per heavy atom. The van der Waals surface area contributed by atoms with Crippen LogP contribution in [0.5, 0.6) is 0 Å². The van der Waals surface area contributed by atoms with Crippen LogP contribution in [0.4, 0.5) is 0 Å². The highest BCUT2D eigenvalue weighted by Gasteiger charge is 2.33. The van der Waals surface area contributed by atoms with E-state index in [4.69, 9.17) is 16.3 Å². The van der Waals surface area contributed by atoms with Gasteiger partial charge in [-0.1, -0.05) is 35.9 Å². The van der Waals surface area contributed by atoms with Crippen molar-refractivity contribution in [3.8, 4) is 0 Å². The Hall–Kier alpha value is -1.84. The molecule has 1 saturated carbocycles. The van der Waals surface area contributed by atoms with E-state index in [1.54, 1.807) is 7.11 Å². The van der Waals surface area contributed by atoms with Gasteiger partial charge in [-0.05, 0) is 48.2 Å². The fourth-order valence-corrected chi connectivity index (χ4v) is 2.79. The first-order chi connectivity index (χ1) is 11.2. The molecule has 0 heterocycles. The number of amides is 1. The normalized spacial score (nSPS) is 13.8. The number of carbonyl (C=O) groups excluding carboxylic acids is 1. The summed E-state index contributed by atoms with van der Waals surface area (Å²) in [7, 11) is 1.66. The number of ether oxygens (including phenoxy) is 1. The summed E-state index contributed by atoms with van der Waals surface area (Å²) < 4.78 is 5.15. The van der Waals surface area contributed by atoms with Crippen molar-refractivity contribution >= 4 is 17.5 Å². The fraction of sp³-hybridized carbons (Fsp3) is 0.316. The number of halogens is 1. The number of carbonyl (C=O) groups is 1. The van der Waals surface area contributed by atoms with E-state index in [1.165, 1.54) is 0 Å². The molecule has 0 unspecified atom stereocenters. The van der Waals surface area contributed by atoms with Crippen LogP contribution in [-0.2, 0) is 17.9 Å². The Balaban J connectivity index is 1.79. The third kappa shape index (κ3) is 4.12. The van der Waals surface area contributed by atoms with E-state index in [1.807, 2.05) is 53.4 Å². The van der Waals surface area contributed by atoms with Crippen molar-refractivity contribution in [3.63, 3.8) is 0 Å². The van der Waals surface area contributed by atoms with Crippen molar-refractivity contribution in [2.45, 2.75) is 32.0 Å². The van der Waals surface area contributed by atoms with Crippen molar-refractivity contribution in [1.82, 2.24) is 4.90 Å². The van der Waals surface area contributed by atoms with E-state index in [-0.39, 0.29) is 5.91 Å². The molecule has 120 valence electrons. The molecule has 1 aliphatic carbocycles. The summed E-state index contributed by atoms with van der Waals surface area (Å²) in [4.78, 5) is 14.9. The zero-order chi connectivity index (χ0) is 16.2. The molecule has 3 rings (SSSR count). The maximum Gasteiger partial charge on any atom is 0.254 e. The van der Waals surface area contributed by atoms with Crippen LogP contribution in [0.3, 0.4) is 0 Å². The molecule has 1 fully saturated rings. The number of nitrogens with zero attached hydrogens (tertiary/aromatic N) is 1. The zero-order valence-corrected chi connectivity index (χ0v) is 13.9. The van der Waals surface area contributed by atoms with Crippen LogP contribution < -0.4 is 0 Å². The summed E-state index contributed by atoms with van der Waals surface area (Å²) in [5, 5.41) is 0.713. The average molecular weight is 330 g/mol. The second-order valence-electron chi connectivity index (χ2n) is 5.92. The third-order valence-electron chi connectivity index (χ3n) is 4.00. The minimum absolute atomic E-state index is 0.0837. The largest absolute Gasteiger partial charge is 0.380 e. The average Bonchev–Trinajstić information content (AvgIpc) is 3.39. The molecule has 0 aromatic heterocycles. The van der Waals surface area contributed by atoms with Gasteiger partial charge in [0.05, 0.1) is 6.61 Å². The molecule has 1 amide bonds. The smallest absolute Gasteiger partial charge is 0.254 e. The summed E-state index contributed by atoms with van der Waals surface area (Å²) >= 11 is 5.94. The Labute approximate surface area is 141 Å². The van der Waals surface area contributed by atoms with Gasteiger partial charge in [-0.3, -0.25) is 4.79 Å². The highest BCUT2D eigenvalue weighted by atomic mass is 35.5. The molecule has 0 spiro atoms. The molecule has 0 aliphatic heterocycles.